The summed E-state index contributed by atoms with van der Waals surface area (Å²) in [4.78, 5) is 4.34. The normalized spacial score (nSPS) is 23.5. The van der Waals surface area contributed by atoms with Gasteiger partial charge in [-0.05, 0) is 58.7 Å². The first-order valence-corrected chi connectivity index (χ1v) is 8.42. The van der Waals surface area contributed by atoms with Crippen LogP contribution in [0.15, 0.2) is 35.1 Å². The van der Waals surface area contributed by atoms with E-state index in [1.54, 1.807) is 0 Å². The van der Waals surface area contributed by atoms with Crippen molar-refractivity contribution in [2.75, 3.05) is 0 Å². The van der Waals surface area contributed by atoms with Crippen LogP contribution in [0.25, 0.3) is 0 Å². The predicted molar refractivity (Wildman–Crippen MR) is 79.4 cm³/mol. The lowest BCUT2D eigenvalue weighted by atomic mass is 10.3. The summed E-state index contributed by atoms with van der Waals surface area (Å²) in [5.74, 6) is 0. The Morgan fingerprint density at radius 3 is 2.27 bits per heavy atom. The van der Waals surface area contributed by atoms with Crippen LogP contribution in [-0.2, 0) is 0 Å². The molecule has 2 heterocycles. The van der Waals surface area contributed by atoms with E-state index in [0.717, 1.165) is 0 Å². The van der Waals surface area contributed by atoms with Crippen LogP contribution < -0.4 is 0 Å². The van der Waals surface area contributed by atoms with Crippen LogP contribution in [0.2, 0.25) is 0 Å². The molecule has 82 valence electrons. The lowest BCUT2D eigenvalue weighted by molar-refractivity contribution is 1.44. The average molecular weight is 368 g/mol. The number of rotatable bonds is 1. The molecule has 0 saturated carbocycles. The van der Waals surface area contributed by atoms with Crippen molar-refractivity contribution in [3.63, 3.8) is 0 Å². The number of hydrogen-bond acceptors (Lipinski definition) is 1. The van der Waals surface area contributed by atoms with Gasteiger partial charge >= 0.3 is 0 Å². The molecule has 1 aromatic rings. The van der Waals surface area contributed by atoms with Crippen LogP contribution >= 0.6 is 54.1 Å². The quantitative estimate of drug-likeness (QED) is 0.602. The van der Waals surface area contributed by atoms with Crippen molar-refractivity contribution in [1.29, 1.82) is 0 Å². The Kier molecular flexibility index (Phi) is 3.51. The summed E-state index contributed by atoms with van der Waals surface area (Å²) in [5.41, 5.74) is 1.40. The van der Waals surface area contributed by atoms with E-state index >= 15 is 0 Å². The molecule has 0 aromatic carbocycles. The molecule has 1 atom stereocenters. The van der Waals surface area contributed by atoms with Gasteiger partial charge in [-0.15, -0.1) is 11.3 Å². The Bertz CT molecular complexity index is 469. The molecule has 0 amide bonds. The summed E-state index contributed by atoms with van der Waals surface area (Å²) in [6.07, 6.45) is 0. The summed E-state index contributed by atoms with van der Waals surface area (Å²) in [5, 5.41) is 2.35. The molecule has 15 heavy (non-hydrogen) atoms. The largest absolute Gasteiger partial charge is 0.180 e. The van der Waals surface area contributed by atoms with Crippen molar-refractivity contribution in [3.8, 4) is 0 Å². The molecule has 1 aliphatic heterocycles. The summed E-state index contributed by atoms with van der Waals surface area (Å²) in [6.45, 7) is 6.59. The average Bonchev–Trinajstić information content (AvgIpc) is 2.61. The Labute approximate surface area is 114 Å². The van der Waals surface area contributed by atoms with E-state index in [-0.39, 0.29) is 10.9 Å². The fourth-order valence-electron chi connectivity index (χ4n) is 1.55. The Hall–Kier alpha value is 0.490. The highest BCUT2D eigenvalue weighted by atomic mass is 79.9. The minimum absolute atomic E-state index is 0.246. The molecule has 0 aliphatic carbocycles. The molecule has 0 fully saturated rings. The van der Waals surface area contributed by atoms with Crippen molar-refractivity contribution < 1.29 is 0 Å². The van der Waals surface area contributed by atoms with E-state index in [1.165, 1.54) is 28.5 Å². The van der Waals surface area contributed by atoms with Crippen LogP contribution in [0, 0.1) is 6.92 Å². The summed E-state index contributed by atoms with van der Waals surface area (Å²) in [6, 6.07) is 2.30. The van der Waals surface area contributed by atoms with Crippen LogP contribution in [-0.4, -0.2) is 0 Å². The summed E-state index contributed by atoms with van der Waals surface area (Å²) < 4.78 is 2.55. The molecule has 1 aliphatic rings. The molecular weight excluding hydrogens is 356 g/mol. The number of thiol groups is 1. The maximum absolute atomic E-state index is 3.66. The van der Waals surface area contributed by atoms with E-state index in [1.807, 2.05) is 11.3 Å². The third-order valence-electron chi connectivity index (χ3n) is 2.56. The highest BCUT2D eigenvalue weighted by Gasteiger charge is 2.20. The Morgan fingerprint density at radius 2 is 1.87 bits per heavy atom. The van der Waals surface area contributed by atoms with Crippen LogP contribution in [0.1, 0.15) is 18.7 Å². The van der Waals surface area contributed by atoms with E-state index in [4.69, 9.17) is 0 Å². The zero-order chi connectivity index (χ0) is 11.2. The van der Waals surface area contributed by atoms with Crippen molar-refractivity contribution in [2.45, 2.75) is 25.7 Å². The van der Waals surface area contributed by atoms with Gasteiger partial charge in [-0.3, -0.25) is 0 Å². The zero-order valence-corrected chi connectivity index (χ0v) is 13.6. The molecular formula is C11H12Br2S2. The molecule has 0 saturated heterocycles. The third-order valence-corrected chi connectivity index (χ3v) is 8.39. The number of aryl methyl sites for hydroxylation is 1. The van der Waals surface area contributed by atoms with E-state index in [2.05, 4.69) is 64.1 Å². The molecule has 1 aromatic heterocycles. The van der Waals surface area contributed by atoms with Gasteiger partial charge in [0.25, 0.3) is 0 Å². The van der Waals surface area contributed by atoms with Gasteiger partial charge in [-0.25, -0.2) is 0 Å². The molecule has 0 N–H and O–H groups in total. The highest BCUT2D eigenvalue weighted by molar-refractivity contribution is 9.12. The third kappa shape index (κ3) is 2.14. The van der Waals surface area contributed by atoms with Gasteiger partial charge < -0.3 is 0 Å². The maximum Gasteiger partial charge on any atom is 0.0825 e. The lowest BCUT2D eigenvalue weighted by Gasteiger charge is -2.14. The number of halogens is 2. The lowest BCUT2D eigenvalue weighted by Crippen LogP contribution is -1.78. The van der Waals surface area contributed by atoms with Gasteiger partial charge in [0.15, 0.2) is 0 Å². The number of hydrogen-bond donors (Lipinski definition) is 1. The van der Waals surface area contributed by atoms with E-state index < -0.39 is 0 Å². The number of allylic oxidation sites excluding steroid dienone is 3. The van der Waals surface area contributed by atoms with Gasteiger partial charge in [-0.1, -0.05) is 15.9 Å². The molecule has 0 bridgehead atoms. The van der Waals surface area contributed by atoms with Crippen LogP contribution in [0.5, 0.6) is 0 Å². The predicted octanol–water partition coefficient (Wildman–Crippen LogP) is 5.72. The van der Waals surface area contributed by atoms with Crippen LogP contribution in [0.4, 0.5) is 0 Å². The van der Waals surface area contributed by atoms with E-state index in [9.17, 15) is 0 Å². The van der Waals surface area contributed by atoms with Gasteiger partial charge in [0.05, 0.1) is 3.79 Å². The smallest absolute Gasteiger partial charge is 0.0825 e. The van der Waals surface area contributed by atoms with Gasteiger partial charge in [0, 0.05) is 14.3 Å². The molecule has 0 nitrogen and oxygen atoms in total. The fourth-order valence-corrected chi connectivity index (χ4v) is 7.33. The molecule has 0 spiro atoms. The van der Waals surface area contributed by atoms with Gasteiger partial charge in [-0.2, -0.15) is 10.9 Å². The highest BCUT2D eigenvalue weighted by Crippen LogP contribution is 2.57. The summed E-state index contributed by atoms with van der Waals surface area (Å²) in [7, 11) is -0.246. The van der Waals surface area contributed by atoms with Crippen molar-refractivity contribution in [1.82, 2.24) is 0 Å². The maximum atomic E-state index is 3.66. The van der Waals surface area contributed by atoms with Gasteiger partial charge in [0.1, 0.15) is 0 Å². The van der Waals surface area contributed by atoms with Gasteiger partial charge in [0.2, 0.25) is 0 Å². The fraction of sp³-hybridized carbons (Fsp3) is 0.273. The molecule has 1 unspecified atom stereocenters. The Morgan fingerprint density at radius 1 is 1.20 bits per heavy atom. The monoisotopic (exact) mass is 366 g/mol. The Balaban J connectivity index is 2.47. The minimum Gasteiger partial charge on any atom is -0.180 e. The first-order valence-electron chi connectivity index (χ1n) is 4.61. The van der Waals surface area contributed by atoms with Crippen molar-refractivity contribution in [2.24, 2.45) is 0 Å². The second kappa shape index (κ2) is 4.40. The van der Waals surface area contributed by atoms with E-state index in [0.29, 0.717) is 0 Å². The number of thiophene rings is 1. The second-order valence-corrected chi connectivity index (χ2v) is 9.15. The SMILES string of the molecule is CC1=C(C)[SH](c2cc(C)sc2Br)C=C1Br. The first-order chi connectivity index (χ1) is 7.00. The molecule has 4 heteroatoms. The topological polar surface area (TPSA) is 0 Å². The zero-order valence-electron chi connectivity index (χ0n) is 8.77. The standard InChI is InChI=1S/C11H12Br2S2/c1-6-4-10(11(13)14-6)15-5-9(12)7(2)8(15)3/h4-5,15H,1-3H3. The minimum atomic E-state index is -0.246. The summed E-state index contributed by atoms with van der Waals surface area (Å²) >= 11 is 9.11. The molecule has 2 rings (SSSR count). The second-order valence-electron chi connectivity index (χ2n) is 3.57. The van der Waals surface area contributed by atoms with Crippen molar-refractivity contribution in [3.05, 3.63) is 35.1 Å². The van der Waals surface area contributed by atoms with Crippen molar-refractivity contribution >= 4 is 54.1 Å². The van der Waals surface area contributed by atoms with Crippen LogP contribution in [0.3, 0.4) is 0 Å². The molecule has 0 radical (unpaired) electrons. The first kappa shape index (κ1) is 12.0.